The molecule has 8 rings (SSSR count). The standard InChI is InChI=1S/C33H18N4OS.Pt/c1-3-13-29-23(10-1)24-19-25(32-35-16-17-38-32)26(33-36-28-12-2-4-14-31(28)39-33)20-30(24)37(29)22-9-7-8-21(18-22)27-11-5-6-15-34-27;/h1-17,19H;/q-2;+2. The summed E-state index contributed by atoms with van der Waals surface area (Å²) in [5.74, 6) is 0.544. The zero-order valence-corrected chi connectivity index (χ0v) is 23.9. The maximum Gasteiger partial charge on any atom is 2.00 e. The number of pyridine rings is 1. The molecule has 0 saturated carbocycles. The quantitative estimate of drug-likeness (QED) is 0.172. The van der Waals surface area contributed by atoms with Crippen molar-refractivity contribution < 1.29 is 25.5 Å². The van der Waals surface area contributed by atoms with E-state index in [0.29, 0.717) is 5.89 Å². The van der Waals surface area contributed by atoms with E-state index in [1.807, 2.05) is 48.5 Å². The van der Waals surface area contributed by atoms with Crippen molar-refractivity contribution in [2.45, 2.75) is 0 Å². The molecule has 0 spiro atoms. The fourth-order valence-corrected chi connectivity index (χ4v) is 6.10. The van der Waals surface area contributed by atoms with Gasteiger partial charge in [0.25, 0.3) is 0 Å². The van der Waals surface area contributed by atoms with Crippen molar-refractivity contribution in [3.05, 3.63) is 122 Å². The van der Waals surface area contributed by atoms with E-state index in [0.717, 1.165) is 65.1 Å². The second kappa shape index (κ2) is 9.98. The molecular weight excluding hydrogens is 696 g/mol. The molecule has 4 aromatic carbocycles. The van der Waals surface area contributed by atoms with Gasteiger partial charge in [-0.25, -0.2) is 4.98 Å². The molecule has 192 valence electrons. The summed E-state index contributed by atoms with van der Waals surface area (Å²) in [6.07, 6.45) is 5.07. The number of aromatic nitrogens is 4. The molecule has 0 radical (unpaired) electrons. The van der Waals surface area contributed by atoms with Gasteiger partial charge in [-0.3, -0.25) is 4.98 Å². The Kier molecular flexibility index (Phi) is 6.15. The minimum atomic E-state index is 0. The number of rotatable bonds is 4. The minimum absolute atomic E-state index is 0. The van der Waals surface area contributed by atoms with Crippen LogP contribution in [0.15, 0.2) is 114 Å². The van der Waals surface area contributed by atoms with Gasteiger partial charge in [0.15, 0.2) is 5.89 Å². The van der Waals surface area contributed by atoms with Crippen LogP contribution in [-0.2, 0) is 21.1 Å². The van der Waals surface area contributed by atoms with E-state index in [2.05, 4.69) is 69.1 Å². The SMILES string of the molecule is [Pt+2].[c-]1c(-c2ccccn2)cccc1-n1c2[c-]c(-c3nc4ccccc4s3)c(-c3ncco3)cc2c2ccccc21. The largest absolute Gasteiger partial charge is 2.00 e. The maximum atomic E-state index is 5.80. The number of thiazole rings is 1. The van der Waals surface area contributed by atoms with Crippen LogP contribution in [0.25, 0.3) is 71.0 Å². The average Bonchev–Trinajstić information content (AvgIpc) is 3.75. The molecule has 7 heteroatoms. The Morgan fingerprint density at radius 1 is 0.775 bits per heavy atom. The number of nitrogens with zero attached hydrogens (tertiary/aromatic N) is 4. The molecule has 0 aliphatic carbocycles. The Hall–Kier alpha value is -4.38. The smallest absolute Gasteiger partial charge is 0.453 e. The fraction of sp³-hybridized carbons (Fsp3) is 0. The molecule has 0 fully saturated rings. The molecule has 0 amide bonds. The molecule has 0 bridgehead atoms. The molecule has 0 aliphatic rings. The van der Waals surface area contributed by atoms with Crippen LogP contribution in [0.3, 0.4) is 0 Å². The summed E-state index contributed by atoms with van der Waals surface area (Å²) in [6.45, 7) is 0. The molecule has 0 unspecified atom stereocenters. The molecule has 5 nitrogen and oxygen atoms in total. The first-order valence-corrected chi connectivity index (χ1v) is 13.3. The van der Waals surface area contributed by atoms with E-state index in [1.54, 1.807) is 30.0 Å². The number of oxazole rings is 1. The van der Waals surface area contributed by atoms with Gasteiger partial charge in [-0.05, 0) is 52.1 Å². The molecule has 8 aromatic rings. The maximum absolute atomic E-state index is 5.80. The Bertz CT molecular complexity index is 2100. The summed E-state index contributed by atoms with van der Waals surface area (Å²) >= 11 is 1.64. The van der Waals surface area contributed by atoms with E-state index >= 15 is 0 Å². The number of hydrogen-bond acceptors (Lipinski definition) is 5. The van der Waals surface area contributed by atoms with E-state index in [1.165, 1.54) is 0 Å². The van der Waals surface area contributed by atoms with Gasteiger partial charge in [0, 0.05) is 21.4 Å². The van der Waals surface area contributed by atoms with Crippen LogP contribution in [0.4, 0.5) is 0 Å². The third kappa shape index (κ3) is 4.00. The third-order valence-corrected chi connectivity index (χ3v) is 7.90. The third-order valence-electron chi connectivity index (χ3n) is 6.85. The Labute approximate surface area is 248 Å². The Morgan fingerprint density at radius 3 is 2.50 bits per heavy atom. The van der Waals surface area contributed by atoms with Crippen LogP contribution in [-0.4, -0.2) is 19.5 Å². The van der Waals surface area contributed by atoms with Crippen molar-refractivity contribution in [3.63, 3.8) is 0 Å². The fourth-order valence-electron chi connectivity index (χ4n) is 5.12. The van der Waals surface area contributed by atoms with Crippen molar-refractivity contribution in [1.82, 2.24) is 19.5 Å². The summed E-state index contributed by atoms with van der Waals surface area (Å²) in [6, 6.07) is 38.2. The van der Waals surface area contributed by atoms with E-state index in [9.17, 15) is 0 Å². The first-order chi connectivity index (χ1) is 19.3. The average molecular weight is 714 g/mol. The zero-order valence-electron chi connectivity index (χ0n) is 20.8. The number of benzene rings is 4. The molecule has 40 heavy (non-hydrogen) atoms. The second-order valence-electron chi connectivity index (χ2n) is 9.16. The van der Waals surface area contributed by atoms with Crippen LogP contribution in [0.2, 0.25) is 0 Å². The predicted molar refractivity (Wildman–Crippen MR) is 156 cm³/mol. The van der Waals surface area contributed by atoms with Gasteiger partial charge in [-0.1, -0.05) is 47.9 Å². The van der Waals surface area contributed by atoms with Gasteiger partial charge in [0.2, 0.25) is 0 Å². The summed E-state index contributed by atoms with van der Waals surface area (Å²) in [7, 11) is 0. The molecule has 4 heterocycles. The summed E-state index contributed by atoms with van der Waals surface area (Å²) in [4.78, 5) is 14.0. The van der Waals surface area contributed by atoms with Crippen molar-refractivity contribution in [2.75, 3.05) is 0 Å². The number of fused-ring (bicyclic) bond motifs is 4. The monoisotopic (exact) mass is 713 g/mol. The van der Waals surface area contributed by atoms with Crippen molar-refractivity contribution >= 4 is 43.4 Å². The van der Waals surface area contributed by atoms with E-state index < -0.39 is 0 Å². The second-order valence-corrected chi connectivity index (χ2v) is 10.2. The molecule has 0 saturated heterocycles. The summed E-state index contributed by atoms with van der Waals surface area (Å²) in [5.41, 5.74) is 7.42. The van der Waals surface area contributed by atoms with Crippen LogP contribution >= 0.6 is 11.3 Å². The molecule has 0 aliphatic heterocycles. The zero-order chi connectivity index (χ0) is 25.8. The molecule has 4 aromatic heterocycles. The van der Waals surface area contributed by atoms with Gasteiger partial charge < -0.3 is 14.0 Å². The van der Waals surface area contributed by atoms with Crippen LogP contribution < -0.4 is 0 Å². The Morgan fingerprint density at radius 2 is 1.65 bits per heavy atom. The van der Waals surface area contributed by atoms with Crippen molar-refractivity contribution in [3.8, 4) is 39.0 Å². The van der Waals surface area contributed by atoms with Gasteiger partial charge in [0.05, 0.1) is 11.7 Å². The normalized spacial score (nSPS) is 11.3. The van der Waals surface area contributed by atoms with E-state index in [-0.39, 0.29) is 21.1 Å². The number of para-hydroxylation sites is 2. The van der Waals surface area contributed by atoms with Crippen LogP contribution in [0, 0.1) is 12.1 Å². The van der Waals surface area contributed by atoms with Gasteiger partial charge in [0.1, 0.15) is 6.26 Å². The Balaban J connectivity index is 0.00000264. The van der Waals surface area contributed by atoms with Gasteiger partial charge >= 0.3 is 21.1 Å². The summed E-state index contributed by atoms with van der Waals surface area (Å²) < 4.78 is 9.14. The van der Waals surface area contributed by atoms with Crippen molar-refractivity contribution in [1.29, 1.82) is 0 Å². The molecule has 0 atom stereocenters. The van der Waals surface area contributed by atoms with Crippen LogP contribution in [0.5, 0.6) is 0 Å². The summed E-state index contributed by atoms with van der Waals surface area (Å²) in [5, 5.41) is 3.04. The first-order valence-electron chi connectivity index (χ1n) is 12.5. The molecular formula is C33H18N4OPtS. The minimum Gasteiger partial charge on any atom is -0.453 e. The van der Waals surface area contributed by atoms with E-state index in [4.69, 9.17) is 9.40 Å². The van der Waals surface area contributed by atoms with Gasteiger partial charge in [-0.2, -0.15) is 11.3 Å². The van der Waals surface area contributed by atoms with Crippen molar-refractivity contribution in [2.24, 2.45) is 0 Å². The first kappa shape index (κ1) is 24.6. The number of hydrogen-bond donors (Lipinski definition) is 0. The topological polar surface area (TPSA) is 56.7 Å². The predicted octanol–water partition coefficient (Wildman–Crippen LogP) is 8.38. The van der Waals surface area contributed by atoms with Gasteiger partial charge in [-0.15, -0.1) is 47.5 Å². The molecule has 0 N–H and O–H groups in total. The van der Waals surface area contributed by atoms with Crippen LogP contribution in [0.1, 0.15) is 0 Å².